The van der Waals surface area contributed by atoms with E-state index < -0.39 is 15.3 Å². The maximum absolute atomic E-state index is 11.7. The van der Waals surface area contributed by atoms with Gasteiger partial charge in [0, 0.05) is 13.0 Å². The topological polar surface area (TPSA) is 132 Å². The van der Waals surface area contributed by atoms with E-state index in [0.29, 0.717) is 0 Å². The number of aromatic nitrogens is 2. The number of anilines is 2. The standard InChI is InChI=1S/C8H11N5O3S/c9-6-2-11-4-12-8(6)13-3-5(1-7(13)14)17(10,15)16/h2,4-5H,1,3,9H2,(H2,10,15,16). The molecule has 0 aromatic carbocycles. The molecule has 1 aliphatic heterocycles. The summed E-state index contributed by atoms with van der Waals surface area (Å²) in [5.41, 5.74) is 5.84. The SMILES string of the molecule is Nc1cncnc1N1CC(S(N)(=O)=O)CC1=O. The van der Waals surface area contributed by atoms with Crippen molar-refractivity contribution in [3.63, 3.8) is 0 Å². The van der Waals surface area contributed by atoms with Gasteiger partial charge in [-0.2, -0.15) is 0 Å². The number of hydrogen-bond acceptors (Lipinski definition) is 6. The van der Waals surface area contributed by atoms with E-state index in [1.54, 1.807) is 0 Å². The molecule has 1 amide bonds. The number of nitrogens with two attached hydrogens (primary N) is 2. The summed E-state index contributed by atoms with van der Waals surface area (Å²) >= 11 is 0. The average molecular weight is 257 g/mol. The number of nitrogen functional groups attached to an aromatic ring is 1. The zero-order valence-corrected chi connectivity index (χ0v) is 9.59. The lowest BCUT2D eigenvalue weighted by Gasteiger charge is -2.16. The molecule has 2 rings (SSSR count). The first-order valence-corrected chi connectivity index (χ1v) is 6.38. The second-order valence-electron chi connectivity index (χ2n) is 3.72. The van der Waals surface area contributed by atoms with Gasteiger partial charge in [-0.25, -0.2) is 23.5 Å². The van der Waals surface area contributed by atoms with Crippen LogP contribution >= 0.6 is 0 Å². The first-order chi connectivity index (χ1) is 7.89. The molecule has 1 aliphatic rings. The Kier molecular flexibility index (Phi) is 2.71. The Labute approximate surface area is 97.7 Å². The third-order valence-corrected chi connectivity index (χ3v) is 3.77. The summed E-state index contributed by atoms with van der Waals surface area (Å²) in [7, 11) is -3.74. The molecular weight excluding hydrogens is 246 g/mol. The van der Waals surface area contributed by atoms with E-state index in [9.17, 15) is 13.2 Å². The van der Waals surface area contributed by atoms with Gasteiger partial charge in [-0.1, -0.05) is 0 Å². The van der Waals surface area contributed by atoms with Crippen molar-refractivity contribution in [2.24, 2.45) is 5.14 Å². The maximum atomic E-state index is 11.7. The molecule has 0 bridgehead atoms. The molecule has 8 nitrogen and oxygen atoms in total. The zero-order chi connectivity index (χ0) is 12.6. The first-order valence-electron chi connectivity index (χ1n) is 4.77. The molecular formula is C8H11N5O3S. The van der Waals surface area contributed by atoms with Gasteiger partial charge < -0.3 is 5.73 Å². The summed E-state index contributed by atoms with van der Waals surface area (Å²) in [6.45, 7) is -0.0289. The van der Waals surface area contributed by atoms with Crippen molar-refractivity contribution in [3.05, 3.63) is 12.5 Å². The van der Waals surface area contributed by atoms with E-state index in [4.69, 9.17) is 10.9 Å². The van der Waals surface area contributed by atoms with Crippen LogP contribution in [0.1, 0.15) is 6.42 Å². The molecule has 1 saturated heterocycles. The fourth-order valence-electron chi connectivity index (χ4n) is 1.66. The highest BCUT2D eigenvalue weighted by Crippen LogP contribution is 2.25. The van der Waals surface area contributed by atoms with E-state index in [1.807, 2.05) is 0 Å². The van der Waals surface area contributed by atoms with Gasteiger partial charge in [0.25, 0.3) is 0 Å². The Morgan fingerprint density at radius 1 is 1.47 bits per heavy atom. The molecule has 0 saturated carbocycles. The third-order valence-electron chi connectivity index (χ3n) is 2.53. The maximum Gasteiger partial charge on any atom is 0.229 e. The highest BCUT2D eigenvalue weighted by atomic mass is 32.2. The number of rotatable bonds is 2. The van der Waals surface area contributed by atoms with Gasteiger partial charge in [0.05, 0.1) is 11.9 Å². The summed E-state index contributed by atoms with van der Waals surface area (Å²) in [5, 5.41) is 4.10. The normalized spacial score (nSPS) is 20.9. The van der Waals surface area contributed by atoms with Crippen LogP contribution in [0, 0.1) is 0 Å². The molecule has 1 aromatic heterocycles. The predicted molar refractivity (Wildman–Crippen MR) is 60.3 cm³/mol. The van der Waals surface area contributed by atoms with Gasteiger partial charge >= 0.3 is 0 Å². The first kappa shape index (κ1) is 11.7. The van der Waals surface area contributed by atoms with Crippen molar-refractivity contribution in [2.75, 3.05) is 17.2 Å². The van der Waals surface area contributed by atoms with Gasteiger partial charge in [0.2, 0.25) is 15.9 Å². The van der Waals surface area contributed by atoms with Crippen molar-refractivity contribution < 1.29 is 13.2 Å². The monoisotopic (exact) mass is 257 g/mol. The lowest BCUT2D eigenvalue weighted by Crippen LogP contribution is -2.32. The molecule has 2 heterocycles. The largest absolute Gasteiger partial charge is 0.394 e. The highest BCUT2D eigenvalue weighted by Gasteiger charge is 2.38. The fourth-order valence-corrected chi connectivity index (χ4v) is 2.39. The molecule has 9 heteroatoms. The second-order valence-corrected chi connectivity index (χ2v) is 5.57. The molecule has 4 N–H and O–H groups in total. The molecule has 1 aromatic rings. The van der Waals surface area contributed by atoms with Crippen molar-refractivity contribution in [1.82, 2.24) is 9.97 Å². The highest BCUT2D eigenvalue weighted by molar-refractivity contribution is 7.89. The van der Waals surface area contributed by atoms with Crippen LogP contribution in [0.4, 0.5) is 11.5 Å². The quantitative estimate of drug-likeness (QED) is 0.659. The molecule has 0 spiro atoms. The lowest BCUT2D eigenvalue weighted by molar-refractivity contribution is -0.117. The molecule has 92 valence electrons. The van der Waals surface area contributed by atoms with Gasteiger partial charge in [-0.05, 0) is 0 Å². The Hall–Kier alpha value is -1.74. The van der Waals surface area contributed by atoms with Gasteiger partial charge in [0.1, 0.15) is 11.6 Å². The zero-order valence-electron chi connectivity index (χ0n) is 8.78. The number of carbonyl (C=O) groups excluding carboxylic acids is 1. The van der Waals surface area contributed by atoms with Crippen LogP contribution in [0.25, 0.3) is 0 Å². The molecule has 1 fully saturated rings. The van der Waals surface area contributed by atoms with Crippen LogP contribution in [0.5, 0.6) is 0 Å². The minimum atomic E-state index is -3.74. The number of sulfonamides is 1. The van der Waals surface area contributed by atoms with Crippen LogP contribution in [-0.4, -0.2) is 36.1 Å². The van der Waals surface area contributed by atoms with Crippen LogP contribution < -0.4 is 15.8 Å². The molecule has 0 aliphatic carbocycles. The van der Waals surface area contributed by atoms with E-state index in [0.717, 1.165) is 0 Å². The van der Waals surface area contributed by atoms with Crippen molar-refractivity contribution in [2.45, 2.75) is 11.7 Å². The second kappa shape index (κ2) is 3.93. The number of amides is 1. The molecule has 1 atom stereocenters. The summed E-state index contributed by atoms with van der Waals surface area (Å²) in [6, 6.07) is 0. The van der Waals surface area contributed by atoms with E-state index in [1.165, 1.54) is 17.4 Å². The Morgan fingerprint density at radius 2 is 2.18 bits per heavy atom. The van der Waals surface area contributed by atoms with E-state index in [-0.39, 0.29) is 30.4 Å². The molecule has 1 unspecified atom stereocenters. The van der Waals surface area contributed by atoms with Gasteiger partial charge in [-0.15, -0.1) is 0 Å². The Morgan fingerprint density at radius 3 is 2.71 bits per heavy atom. The Bertz CT molecular complexity index is 558. The molecule has 17 heavy (non-hydrogen) atoms. The van der Waals surface area contributed by atoms with Crippen LogP contribution in [-0.2, 0) is 14.8 Å². The fraction of sp³-hybridized carbons (Fsp3) is 0.375. The van der Waals surface area contributed by atoms with E-state index >= 15 is 0 Å². The average Bonchev–Trinajstić information content (AvgIpc) is 2.61. The van der Waals surface area contributed by atoms with E-state index in [2.05, 4.69) is 9.97 Å². The minimum Gasteiger partial charge on any atom is -0.394 e. The van der Waals surface area contributed by atoms with Crippen LogP contribution in [0.2, 0.25) is 0 Å². The van der Waals surface area contributed by atoms with Crippen molar-refractivity contribution >= 4 is 27.4 Å². The lowest BCUT2D eigenvalue weighted by atomic mass is 10.4. The van der Waals surface area contributed by atoms with Gasteiger partial charge in [0.15, 0.2) is 5.82 Å². The summed E-state index contributed by atoms with van der Waals surface area (Å²) in [6.07, 6.45) is 2.44. The summed E-state index contributed by atoms with van der Waals surface area (Å²) < 4.78 is 22.4. The number of nitrogens with zero attached hydrogens (tertiary/aromatic N) is 3. The summed E-state index contributed by atoms with van der Waals surface area (Å²) in [5.74, 6) is -0.148. The number of primary sulfonamides is 1. The number of carbonyl (C=O) groups is 1. The molecule has 0 radical (unpaired) electrons. The van der Waals surface area contributed by atoms with Crippen LogP contribution in [0.15, 0.2) is 12.5 Å². The van der Waals surface area contributed by atoms with Gasteiger partial charge in [-0.3, -0.25) is 9.69 Å². The minimum absolute atomic E-state index is 0.0289. The summed E-state index contributed by atoms with van der Waals surface area (Å²) in [4.78, 5) is 20.4. The smallest absolute Gasteiger partial charge is 0.229 e. The predicted octanol–water partition coefficient (Wildman–Crippen LogP) is -1.55. The van der Waals surface area contributed by atoms with Crippen LogP contribution in [0.3, 0.4) is 0 Å². The third kappa shape index (κ3) is 2.19. The Balaban J connectivity index is 2.31. The number of hydrogen-bond donors (Lipinski definition) is 2. The van der Waals surface area contributed by atoms with Crippen molar-refractivity contribution in [3.8, 4) is 0 Å². The van der Waals surface area contributed by atoms with Crippen molar-refractivity contribution in [1.29, 1.82) is 0 Å².